The van der Waals surface area contributed by atoms with E-state index in [-0.39, 0.29) is 25.5 Å². The van der Waals surface area contributed by atoms with Crippen molar-refractivity contribution in [1.82, 2.24) is 14.5 Å². The normalized spacial score (nSPS) is 11.7. The summed E-state index contributed by atoms with van der Waals surface area (Å²) in [7, 11) is -1.27. The zero-order valence-corrected chi connectivity index (χ0v) is 36.3. The second-order valence-electron chi connectivity index (χ2n) is 16.2. The molecule has 1 radical (unpaired) electrons. The molecule has 0 saturated carbocycles. The third-order valence-corrected chi connectivity index (χ3v) is 12.3. The van der Waals surface area contributed by atoms with Gasteiger partial charge in [0.25, 0.3) is 0 Å². The third kappa shape index (κ3) is 7.45. The molecule has 3 aromatic heterocycles. The van der Waals surface area contributed by atoms with E-state index in [0.717, 1.165) is 61.3 Å². The Morgan fingerprint density at radius 2 is 1.45 bits per heavy atom. The third-order valence-electron chi connectivity index (χ3n) is 10.2. The van der Waals surface area contributed by atoms with Crippen molar-refractivity contribution in [3.8, 4) is 39.5 Å². The van der Waals surface area contributed by atoms with E-state index in [0.29, 0.717) is 0 Å². The Labute approximate surface area is 344 Å². The van der Waals surface area contributed by atoms with Gasteiger partial charge < -0.3 is 14.0 Å². The van der Waals surface area contributed by atoms with Crippen LogP contribution in [-0.4, -0.2) is 22.6 Å². The molecular formula is C50H45IrN3OSi-2. The number of para-hydroxylation sites is 4. The number of benzene rings is 6. The fraction of sp³-hybridized carbons (Fsp3) is 0.160. The molecule has 0 atom stereocenters. The number of hydrogen-bond acceptors (Lipinski definition) is 3. The smallest absolute Gasteiger partial charge is 0.120 e. The molecule has 0 amide bonds. The van der Waals surface area contributed by atoms with E-state index in [9.17, 15) is 0 Å². The van der Waals surface area contributed by atoms with E-state index >= 15 is 0 Å². The van der Waals surface area contributed by atoms with Gasteiger partial charge in [0.2, 0.25) is 0 Å². The first-order chi connectivity index (χ1) is 26.5. The molecule has 0 fully saturated rings. The largest absolute Gasteiger partial charge is 0.501 e. The Morgan fingerprint density at radius 1 is 0.714 bits per heavy atom. The van der Waals surface area contributed by atoms with Crippen LogP contribution in [0.15, 0.2) is 150 Å². The standard InChI is InChI=1S/C35H27N2O.C15H18NSi.Ir/c1-35(2,3)28-19-12-16-24(23-13-5-4-6-14-23)32(28)37-30-21-9-8-20-29(30)36-34(37)27-18-11-17-26-25-15-7-10-22-31(25)38-33(26)27;1-12-10-14(13-8-6-5-7-9-13)16-11-15(12)17(2,3)4;/h4-17,19-22H,1-3H3;5-8,10-11H,1-4H3;/q2*-1;. The summed E-state index contributed by atoms with van der Waals surface area (Å²) < 4.78 is 8.77. The van der Waals surface area contributed by atoms with Gasteiger partial charge in [-0.15, -0.1) is 54.1 Å². The van der Waals surface area contributed by atoms with Gasteiger partial charge in [0.05, 0.1) is 36.2 Å². The Hall–Kier alpha value is -5.39. The summed E-state index contributed by atoms with van der Waals surface area (Å²) in [5.41, 5.74) is 12.6. The summed E-state index contributed by atoms with van der Waals surface area (Å²) in [6.45, 7) is 16.0. The van der Waals surface area contributed by atoms with Crippen LogP contribution in [0.4, 0.5) is 0 Å². The molecule has 0 N–H and O–H groups in total. The topological polar surface area (TPSA) is 43.9 Å². The molecule has 0 aliphatic heterocycles. The maximum Gasteiger partial charge on any atom is 0.120 e. The van der Waals surface area contributed by atoms with Gasteiger partial charge in [-0.05, 0) is 52.5 Å². The number of hydrogen-bond donors (Lipinski definition) is 0. The molecule has 9 rings (SSSR count). The summed E-state index contributed by atoms with van der Waals surface area (Å²) in [4.78, 5) is 9.79. The first-order valence-corrected chi connectivity index (χ1v) is 22.4. The van der Waals surface area contributed by atoms with E-state index < -0.39 is 8.07 Å². The summed E-state index contributed by atoms with van der Waals surface area (Å²) >= 11 is 0. The number of aryl methyl sites for hydroxylation is 1. The van der Waals surface area contributed by atoms with Gasteiger partial charge in [-0.2, -0.15) is 0 Å². The number of imidazole rings is 1. The number of pyridine rings is 1. The Kier molecular flexibility index (Phi) is 10.8. The van der Waals surface area contributed by atoms with Gasteiger partial charge in [0.15, 0.2) is 0 Å². The van der Waals surface area contributed by atoms with E-state index in [1.165, 1.54) is 27.4 Å². The zero-order chi connectivity index (χ0) is 38.3. The number of rotatable bonds is 5. The molecule has 0 aliphatic rings. The van der Waals surface area contributed by atoms with Crippen molar-refractivity contribution < 1.29 is 24.5 Å². The summed E-state index contributed by atoms with van der Waals surface area (Å²) in [6.07, 6.45) is 2.05. The van der Waals surface area contributed by atoms with E-state index in [1.54, 1.807) is 0 Å². The molecule has 0 spiro atoms. The molecule has 56 heavy (non-hydrogen) atoms. The minimum atomic E-state index is -1.27. The SMILES string of the molecule is CC(C)(C)c1cccc(-c2ccccc2)c1-n1c(-c2[c-]ccc3c2oc2ccccc23)nc2ccccc21.Cc1cc(-c2[c-]cccc2)ncc1[Si](C)(C)C.[Ir]. The molecule has 6 aromatic carbocycles. The number of nitrogens with zero attached hydrogens (tertiary/aromatic N) is 3. The van der Waals surface area contributed by atoms with Crippen LogP contribution >= 0.6 is 0 Å². The molecule has 4 nitrogen and oxygen atoms in total. The second-order valence-corrected chi connectivity index (χ2v) is 21.2. The quantitative estimate of drug-likeness (QED) is 0.128. The minimum Gasteiger partial charge on any atom is -0.501 e. The van der Waals surface area contributed by atoms with Crippen LogP contribution in [0.25, 0.3) is 72.4 Å². The van der Waals surface area contributed by atoms with Crippen molar-refractivity contribution in [2.45, 2.75) is 52.8 Å². The van der Waals surface area contributed by atoms with Crippen LogP contribution in [0.2, 0.25) is 19.6 Å². The Bertz CT molecular complexity index is 2790. The van der Waals surface area contributed by atoms with Crippen LogP contribution in [0.3, 0.4) is 0 Å². The van der Waals surface area contributed by atoms with E-state index in [1.807, 2.05) is 42.5 Å². The van der Waals surface area contributed by atoms with Crippen LogP contribution in [0, 0.1) is 19.1 Å². The second kappa shape index (κ2) is 15.6. The van der Waals surface area contributed by atoms with Crippen molar-refractivity contribution in [2.24, 2.45) is 0 Å². The van der Waals surface area contributed by atoms with Crippen molar-refractivity contribution in [2.75, 3.05) is 0 Å². The molecule has 0 bridgehead atoms. The molecule has 6 heteroatoms. The Balaban J connectivity index is 0.000000225. The fourth-order valence-electron chi connectivity index (χ4n) is 7.56. The van der Waals surface area contributed by atoms with Crippen molar-refractivity contribution >= 4 is 46.2 Å². The summed E-state index contributed by atoms with van der Waals surface area (Å²) in [5, 5.41) is 3.61. The molecule has 3 heterocycles. The first-order valence-electron chi connectivity index (χ1n) is 18.9. The van der Waals surface area contributed by atoms with Gasteiger partial charge in [-0.25, -0.2) is 0 Å². The van der Waals surface area contributed by atoms with Gasteiger partial charge in [0, 0.05) is 37.3 Å². The predicted molar refractivity (Wildman–Crippen MR) is 233 cm³/mol. The summed E-state index contributed by atoms with van der Waals surface area (Å²) in [6, 6.07) is 54.7. The molecule has 281 valence electrons. The van der Waals surface area contributed by atoms with E-state index in [2.05, 4.69) is 172 Å². The van der Waals surface area contributed by atoms with Crippen molar-refractivity contribution in [1.29, 1.82) is 0 Å². The molecular weight excluding hydrogens is 879 g/mol. The maximum atomic E-state index is 6.45. The molecule has 0 unspecified atom stereocenters. The summed E-state index contributed by atoms with van der Waals surface area (Å²) in [5.74, 6) is 0.824. The molecule has 0 aliphatic carbocycles. The van der Waals surface area contributed by atoms with Crippen LogP contribution < -0.4 is 5.19 Å². The average Bonchev–Trinajstić information content (AvgIpc) is 3.76. The van der Waals surface area contributed by atoms with Crippen LogP contribution in [-0.2, 0) is 25.5 Å². The first kappa shape index (κ1) is 38.9. The molecule has 9 aromatic rings. The van der Waals surface area contributed by atoms with Gasteiger partial charge >= 0.3 is 0 Å². The van der Waals surface area contributed by atoms with Crippen molar-refractivity contribution in [3.63, 3.8) is 0 Å². The van der Waals surface area contributed by atoms with Gasteiger partial charge in [0.1, 0.15) is 5.58 Å². The monoisotopic (exact) mass is 924 g/mol. The Morgan fingerprint density at radius 3 is 2.18 bits per heavy atom. The predicted octanol–water partition coefficient (Wildman–Crippen LogP) is 12.8. The average molecular weight is 924 g/mol. The van der Waals surface area contributed by atoms with Crippen LogP contribution in [0.1, 0.15) is 31.9 Å². The number of fused-ring (bicyclic) bond motifs is 4. The fourth-order valence-corrected chi connectivity index (χ4v) is 9.27. The number of furan rings is 1. The maximum absolute atomic E-state index is 6.45. The van der Waals surface area contributed by atoms with Crippen LogP contribution in [0.5, 0.6) is 0 Å². The zero-order valence-electron chi connectivity index (χ0n) is 32.9. The number of aromatic nitrogens is 3. The van der Waals surface area contributed by atoms with E-state index in [4.69, 9.17) is 9.40 Å². The van der Waals surface area contributed by atoms with Crippen molar-refractivity contribution in [3.05, 3.63) is 169 Å². The van der Waals surface area contributed by atoms with Gasteiger partial charge in [-0.1, -0.05) is 142 Å². The minimum absolute atomic E-state index is 0. The molecule has 0 saturated heterocycles. The van der Waals surface area contributed by atoms with Gasteiger partial charge in [-0.3, -0.25) is 4.98 Å².